The molecular weight excluding hydrogens is 538 g/mol. The lowest BCUT2D eigenvalue weighted by molar-refractivity contribution is -0.274. The zero-order chi connectivity index (χ0) is 28.8. The predicted octanol–water partition coefficient (Wildman–Crippen LogP) is 6.65. The van der Waals surface area contributed by atoms with E-state index in [2.05, 4.69) is 15.0 Å². The first-order valence-corrected chi connectivity index (χ1v) is 11.5. The maximum Gasteiger partial charge on any atom is 0.573 e. The van der Waals surface area contributed by atoms with Gasteiger partial charge >= 0.3 is 12.5 Å². The van der Waals surface area contributed by atoms with Crippen LogP contribution in [0.2, 0.25) is 0 Å². The monoisotopic (exact) mass is 559 g/mol. The molecule has 0 saturated carbocycles. The van der Waals surface area contributed by atoms with Crippen LogP contribution in [0.25, 0.3) is 0 Å². The van der Waals surface area contributed by atoms with Crippen molar-refractivity contribution in [2.45, 2.75) is 50.4 Å². The minimum absolute atomic E-state index is 0.0139. The Bertz CT molecular complexity index is 1320. The highest BCUT2D eigenvalue weighted by Gasteiger charge is 2.44. The first kappa shape index (κ1) is 28.3. The fraction of sp³-hybridized carbons (Fsp3) is 0.308. The highest BCUT2D eigenvalue weighted by molar-refractivity contribution is 6.00. The second-order valence-electron chi connectivity index (χ2n) is 9.46. The van der Waals surface area contributed by atoms with Crippen LogP contribution in [-0.2, 0) is 16.5 Å². The van der Waals surface area contributed by atoms with Crippen molar-refractivity contribution in [2.75, 3.05) is 4.90 Å². The molecule has 1 aliphatic rings. The van der Waals surface area contributed by atoms with Crippen molar-refractivity contribution in [2.24, 2.45) is 0 Å². The number of hydrogen-bond donors (Lipinski definition) is 1. The molecule has 0 spiro atoms. The number of hydrogen-bond acceptors (Lipinski definition) is 4. The molecule has 2 atom stereocenters. The fourth-order valence-electron chi connectivity index (χ4n) is 4.49. The SMILES string of the molecule is CC(C)(N[C@@H]1CC(c2cc(F)cc(F)c2)N(c2ccc(OC(F)(F)F)cc2)C1=O)c1ccc(C(F)(F)F)nc1. The van der Waals surface area contributed by atoms with Crippen LogP contribution in [0, 0.1) is 11.6 Å². The van der Waals surface area contributed by atoms with E-state index in [9.17, 15) is 39.9 Å². The van der Waals surface area contributed by atoms with Gasteiger partial charge in [-0.05, 0) is 73.9 Å². The number of anilines is 1. The summed E-state index contributed by atoms with van der Waals surface area (Å²) in [4.78, 5) is 18.2. The number of alkyl halides is 6. The summed E-state index contributed by atoms with van der Waals surface area (Å²) in [5, 5.41) is 3.08. The van der Waals surface area contributed by atoms with Crippen LogP contribution in [0.4, 0.5) is 40.8 Å². The van der Waals surface area contributed by atoms with Gasteiger partial charge in [0.2, 0.25) is 5.91 Å². The summed E-state index contributed by atoms with van der Waals surface area (Å²) in [5.41, 5.74) is -1.58. The van der Waals surface area contributed by atoms with Crippen molar-refractivity contribution in [3.05, 3.63) is 89.2 Å². The highest BCUT2D eigenvalue weighted by atomic mass is 19.4. The third-order valence-electron chi connectivity index (χ3n) is 6.23. The number of benzene rings is 2. The second kappa shape index (κ2) is 10.1. The average Bonchev–Trinajstić information content (AvgIpc) is 3.13. The number of nitrogens with one attached hydrogen (secondary N) is 1. The number of carbonyl (C=O) groups is 1. The summed E-state index contributed by atoms with van der Waals surface area (Å²) < 4.78 is 108. The maximum atomic E-state index is 14.1. The van der Waals surface area contributed by atoms with Crippen molar-refractivity contribution in [3.63, 3.8) is 0 Å². The van der Waals surface area contributed by atoms with Crippen LogP contribution in [0.1, 0.15) is 43.1 Å². The molecule has 1 amide bonds. The van der Waals surface area contributed by atoms with Gasteiger partial charge in [0.05, 0.1) is 12.1 Å². The van der Waals surface area contributed by atoms with E-state index < -0.39 is 59.1 Å². The summed E-state index contributed by atoms with van der Waals surface area (Å²) in [6.07, 6.45) is -8.54. The fourth-order valence-corrected chi connectivity index (χ4v) is 4.49. The Labute approximate surface area is 217 Å². The number of nitrogens with zero attached hydrogens (tertiary/aromatic N) is 2. The molecule has 1 N–H and O–H groups in total. The number of pyridine rings is 1. The van der Waals surface area contributed by atoms with Crippen molar-refractivity contribution in [3.8, 4) is 5.75 Å². The van der Waals surface area contributed by atoms with Gasteiger partial charge in [0.15, 0.2) is 0 Å². The molecule has 39 heavy (non-hydrogen) atoms. The number of rotatable bonds is 6. The Hall–Kier alpha value is -3.74. The lowest BCUT2D eigenvalue weighted by atomic mass is 9.93. The van der Waals surface area contributed by atoms with Crippen molar-refractivity contribution >= 4 is 11.6 Å². The summed E-state index contributed by atoms with van der Waals surface area (Å²) in [7, 11) is 0. The normalized spacial score (nSPS) is 18.5. The topological polar surface area (TPSA) is 54.5 Å². The van der Waals surface area contributed by atoms with E-state index in [0.29, 0.717) is 11.6 Å². The number of amides is 1. The second-order valence-corrected chi connectivity index (χ2v) is 9.46. The third-order valence-corrected chi connectivity index (χ3v) is 6.23. The van der Waals surface area contributed by atoms with E-state index in [1.807, 2.05) is 0 Å². The van der Waals surface area contributed by atoms with Gasteiger partial charge in [-0.25, -0.2) is 8.78 Å². The molecule has 208 valence electrons. The molecule has 0 aliphatic carbocycles. The van der Waals surface area contributed by atoms with Gasteiger partial charge in [-0.2, -0.15) is 13.2 Å². The molecule has 0 radical (unpaired) electrons. The third kappa shape index (κ3) is 6.47. The molecule has 2 aromatic carbocycles. The highest BCUT2D eigenvalue weighted by Crippen LogP contribution is 2.40. The molecule has 4 rings (SSSR count). The number of halogens is 8. The molecule has 1 aliphatic heterocycles. The standard InChI is InChI=1S/C26H21F8N3O2/c1-24(2,15-3-8-22(35-13-15)25(29,30)31)36-20-12-21(14-9-16(27)11-17(28)10-14)37(23(20)38)18-4-6-19(7-5-18)39-26(32,33)34/h3-11,13,20-21,36H,12H2,1-2H3/t20-,21?/m1/s1. The molecule has 1 unspecified atom stereocenters. The van der Waals surface area contributed by atoms with Gasteiger partial charge in [0, 0.05) is 23.5 Å². The molecule has 1 saturated heterocycles. The summed E-state index contributed by atoms with van der Waals surface area (Å²) in [6.45, 7) is 3.24. The molecular formula is C26H21F8N3O2. The first-order chi connectivity index (χ1) is 18.0. The molecule has 1 fully saturated rings. The zero-order valence-corrected chi connectivity index (χ0v) is 20.4. The minimum atomic E-state index is -4.93. The maximum absolute atomic E-state index is 14.1. The van der Waals surface area contributed by atoms with Gasteiger partial charge < -0.3 is 9.64 Å². The Morgan fingerprint density at radius 1 is 0.923 bits per heavy atom. The largest absolute Gasteiger partial charge is 0.573 e. The Kier molecular flexibility index (Phi) is 7.32. The van der Waals surface area contributed by atoms with E-state index in [0.717, 1.165) is 36.5 Å². The lowest BCUT2D eigenvalue weighted by Gasteiger charge is -2.30. The van der Waals surface area contributed by atoms with E-state index in [1.165, 1.54) is 23.1 Å². The van der Waals surface area contributed by atoms with Crippen LogP contribution in [-0.4, -0.2) is 23.3 Å². The molecule has 2 heterocycles. The lowest BCUT2D eigenvalue weighted by Crippen LogP contribution is -2.47. The van der Waals surface area contributed by atoms with E-state index in [-0.39, 0.29) is 17.7 Å². The number of carbonyl (C=O) groups excluding carboxylic acids is 1. The molecule has 5 nitrogen and oxygen atoms in total. The molecule has 13 heteroatoms. The first-order valence-electron chi connectivity index (χ1n) is 11.5. The predicted molar refractivity (Wildman–Crippen MR) is 124 cm³/mol. The average molecular weight is 559 g/mol. The van der Waals surface area contributed by atoms with Crippen LogP contribution in [0.3, 0.4) is 0 Å². The number of ether oxygens (including phenoxy) is 1. The van der Waals surface area contributed by atoms with Crippen molar-refractivity contribution in [1.29, 1.82) is 0 Å². The molecule has 3 aromatic rings. The molecule has 0 bridgehead atoms. The van der Waals surface area contributed by atoms with Crippen LogP contribution >= 0.6 is 0 Å². The van der Waals surface area contributed by atoms with E-state index in [1.54, 1.807) is 13.8 Å². The Morgan fingerprint density at radius 3 is 2.05 bits per heavy atom. The minimum Gasteiger partial charge on any atom is -0.406 e. The Morgan fingerprint density at radius 2 is 1.54 bits per heavy atom. The van der Waals surface area contributed by atoms with Crippen LogP contribution in [0.15, 0.2) is 60.8 Å². The zero-order valence-electron chi connectivity index (χ0n) is 20.4. The smallest absolute Gasteiger partial charge is 0.406 e. The van der Waals surface area contributed by atoms with Crippen LogP contribution < -0.4 is 15.0 Å². The quantitative estimate of drug-likeness (QED) is 0.344. The summed E-state index contributed by atoms with van der Waals surface area (Å²) in [6, 6.07) is 7.28. The summed E-state index contributed by atoms with van der Waals surface area (Å²) >= 11 is 0. The van der Waals surface area contributed by atoms with E-state index in [4.69, 9.17) is 0 Å². The molecule has 1 aromatic heterocycles. The van der Waals surface area contributed by atoms with Gasteiger partial charge in [-0.3, -0.25) is 15.1 Å². The van der Waals surface area contributed by atoms with Crippen molar-refractivity contribution in [1.82, 2.24) is 10.3 Å². The summed E-state index contributed by atoms with van der Waals surface area (Å²) in [5.74, 6) is -2.88. The van der Waals surface area contributed by atoms with E-state index >= 15 is 0 Å². The van der Waals surface area contributed by atoms with Gasteiger partial charge in [-0.15, -0.1) is 13.2 Å². The Balaban J connectivity index is 1.66. The number of aromatic nitrogens is 1. The van der Waals surface area contributed by atoms with Gasteiger partial charge in [-0.1, -0.05) is 6.07 Å². The van der Waals surface area contributed by atoms with Gasteiger partial charge in [0.25, 0.3) is 0 Å². The van der Waals surface area contributed by atoms with Gasteiger partial charge in [0.1, 0.15) is 23.1 Å². The van der Waals surface area contributed by atoms with Crippen LogP contribution in [0.5, 0.6) is 5.75 Å². The van der Waals surface area contributed by atoms with Crippen molar-refractivity contribution < 1.29 is 44.7 Å².